The maximum absolute atomic E-state index is 12.5. The van der Waals surface area contributed by atoms with Crippen LogP contribution < -0.4 is 5.32 Å². The van der Waals surface area contributed by atoms with E-state index in [2.05, 4.69) is 5.32 Å². The Bertz CT molecular complexity index is 614. The molecule has 0 unspecified atom stereocenters. The highest BCUT2D eigenvalue weighted by molar-refractivity contribution is 7.89. The summed E-state index contributed by atoms with van der Waals surface area (Å²) in [6.07, 6.45) is 0. The van der Waals surface area contributed by atoms with E-state index in [1.54, 1.807) is 0 Å². The number of nitrogens with zero attached hydrogens (tertiary/aromatic N) is 2. The van der Waals surface area contributed by atoms with Crippen molar-refractivity contribution in [3.05, 3.63) is 28.3 Å². The zero-order chi connectivity index (χ0) is 16.2. The first-order chi connectivity index (χ1) is 9.70. The van der Waals surface area contributed by atoms with Crippen molar-refractivity contribution in [3.63, 3.8) is 0 Å². The third kappa shape index (κ3) is 4.15. The van der Waals surface area contributed by atoms with Crippen molar-refractivity contribution in [2.45, 2.75) is 25.7 Å². The largest absolute Gasteiger partial charge is 0.385 e. The van der Waals surface area contributed by atoms with Crippen molar-refractivity contribution < 1.29 is 13.3 Å². The summed E-state index contributed by atoms with van der Waals surface area (Å²) >= 11 is 0. The van der Waals surface area contributed by atoms with E-state index in [4.69, 9.17) is 0 Å². The van der Waals surface area contributed by atoms with Crippen LogP contribution in [0.25, 0.3) is 0 Å². The van der Waals surface area contributed by atoms with Crippen LogP contribution in [0.3, 0.4) is 0 Å². The Kier molecular flexibility index (Phi) is 5.68. The Morgan fingerprint density at radius 3 is 2.48 bits per heavy atom. The number of nitro benzene ring substituents is 1. The lowest BCUT2D eigenvalue weighted by molar-refractivity contribution is -0.387. The van der Waals surface area contributed by atoms with Crippen molar-refractivity contribution in [2.75, 3.05) is 25.5 Å². The van der Waals surface area contributed by atoms with Crippen molar-refractivity contribution in [1.82, 2.24) is 4.31 Å². The summed E-state index contributed by atoms with van der Waals surface area (Å²) in [6, 6.07) is 4.06. The van der Waals surface area contributed by atoms with Crippen LogP contribution >= 0.6 is 0 Å². The topological polar surface area (TPSA) is 92.6 Å². The van der Waals surface area contributed by atoms with Crippen molar-refractivity contribution >= 4 is 21.4 Å². The summed E-state index contributed by atoms with van der Waals surface area (Å²) < 4.78 is 26.1. The van der Waals surface area contributed by atoms with Gasteiger partial charge in [0.05, 0.1) is 4.92 Å². The summed E-state index contributed by atoms with van der Waals surface area (Å²) in [5.41, 5.74) is 0.110. The first-order valence-electron chi connectivity index (χ1n) is 6.68. The minimum absolute atomic E-state index is 0.130. The SMILES string of the molecule is CCNc1ccc(S(=O)(=O)N(C)CC(C)C)c([N+](=O)[O-])c1. The van der Waals surface area contributed by atoms with Gasteiger partial charge in [-0.15, -0.1) is 0 Å². The van der Waals surface area contributed by atoms with E-state index in [-0.39, 0.29) is 10.8 Å². The number of rotatable bonds is 7. The van der Waals surface area contributed by atoms with Crippen LogP contribution in [-0.4, -0.2) is 37.8 Å². The average molecular weight is 315 g/mol. The van der Waals surface area contributed by atoms with Crippen LogP contribution in [-0.2, 0) is 10.0 Å². The predicted octanol–water partition coefficient (Wildman–Crippen LogP) is 2.30. The molecule has 1 aromatic rings. The third-order valence-corrected chi connectivity index (χ3v) is 4.72. The molecule has 0 aliphatic heterocycles. The normalized spacial score (nSPS) is 11.9. The van der Waals surface area contributed by atoms with E-state index in [1.807, 2.05) is 20.8 Å². The molecule has 0 aliphatic rings. The van der Waals surface area contributed by atoms with Gasteiger partial charge in [0.15, 0.2) is 4.90 Å². The Balaban J connectivity index is 3.31. The fourth-order valence-corrected chi connectivity index (χ4v) is 3.44. The zero-order valence-corrected chi connectivity index (χ0v) is 13.5. The summed E-state index contributed by atoms with van der Waals surface area (Å²) in [7, 11) is -2.45. The smallest absolute Gasteiger partial charge is 0.291 e. The molecule has 0 amide bonds. The molecule has 8 heteroatoms. The summed E-state index contributed by atoms with van der Waals surface area (Å²) in [6.45, 7) is 6.52. The molecule has 0 spiro atoms. The molecule has 1 aromatic carbocycles. The maximum Gasteiger partial charge on any atom is 0.291 e. The van der Waals surface area contributed by atoms with Crippen molar-refractivity contribution in [1.29, 1.82) is 0 Å². The van der Waals surface area contributed by atoms with Crippen LogP contribution in [0.5, 0.6) is 0 Å². The molecule has 7 nitrogen and oxygen atoms in total. The Morgan fingerprint density at radius 2 is 2.00 bits per heavy atom. The number of hydrogen-bond acceptors (Lipinski definition) is 5. The monoisotopic (exact) mass is 315 g/mol. The molecule has 118 valence electrons. The second-order valence-electron chi connectivity index (χ2n) is 5.15. The van der Waals surface area contributed by atoms with Crippen molar-refractivity contribution in [3.8, 4) is 0 Å². The highest BCUT2D eigenvalue weighted by Crippen LogP contribution is 2.29. The molecule has 0 aliphatic carbocycles. The number of sulfonamides is 1. The van der Waals surface area contributed by atoms with E-state index in [0.29, 0.717) is 18.8 Å². The quantitative estimate of drug-likeness (QED) is 0.615. The van der Waals surface area contributed by atoms with Gasteiger partial charge in [0, 0.05) is 31.9 Å². The number of benzene rings is 1. The van der Waals surface area contributed by atoms with Gasteiger partial charge in [0.2, 0.25) is 10.0 Å². The van der Waals surface area contributed by atoms with Gasteiger partial charge in [-0.05, 0) is 25.0 Å². The van der Waals surface area contributed by atoms with E-state index < -0.39 is 20.6 Å². The fraction of sp³-hybridized carbons (Fsp3) is 0.538. The summed E-state index contributed by atoms with van der Waals surface area (Å²) in [4.78, 5) is 10.2. The lowest BCUT2D eigenvalue weighted by Crippen LogP contribution is -2.30. The molecule has 0 saturated carbocycles. The first-order valence-corrected chi connectivity index (χ1v) is 8.12. The van der Waals surface area contributed by atoms with Crippen LogP contribution in [0.1, 0.15) is 20.8 Å². The van der Waals surface area contributed by atoms with E-state index >= 15 is 0 Å². The second kappa shape index (κ2) is 6.86. The third-order valence-electron chi connectivity index (χ3n) is 2.85. The Labute approximate surface area is 125 Å². The van der Waals surface area contributed by atoms with Gasteiger partial charge < -0.3 is 5.32 Å². The fourth-order valence-electron chi connectivity index (χ4n) is 1.97. The number of nitro groups is 1. The number of nitrogens with one attached hydrogen (secondary N) is 1. The van der Waals surface area contributed by atoms with Crippen molar-refractivity contribution in [2.24, 2.45) is 5.92 Å². The molecule has 0 aromatic heterocycles. The standard InChI is InChI=1S/C13H21N3O4S/c1-5-14-11-6-7-13(12(8-11)16(17)18)21(19,20)15(4)9-10(2)3/h6-8,10,14H,5,9H2,1-4H3. The van der Waals surface area contributed by atoms with Crippen LogP contribution in [0.15, 0.2) is 23.1 Å². The van der Waals surface area contributed by atoms with Crippen LogP contribution in [0.2, 0.25) is 0 Å². The van der Waals surface area contributed by atoms with E-state index in [1.165, 1.54) is 25.2 Å². The molecule has 0 heterocycles. The van der Waals surface area contributed by atoms with Gasteiger partial charge >= 0.3 is 0 Å². The molecule has 0 fully saturated rings. The molecule has 1 N–H and O–H groups in total. The molecule has 0 atom stereocenters. The molecular formula is C13H21N3O4S. The highest BCUT2D eigenvalue weighted by Gasteiger charge is 2.30. The number of anilines is 1. The van der Waals surface area contributed by atoms with Gasteiger partial charge in [-0.3, -0.25) is 10.1 Å². The summed E-state index contributed by atoms with van der Waals surface area (Å²) in [5, 5.41) is 14.1. The predicted molar refractivity (Wildman–Crippen MR) is 81.9 cm³/mol. The minimum Gasteiger partial charge on any atom is -0.385 e. The van der Waals surface area contributed by atoms with Gasteiger partial charge in [-0.2, -0.15) is 0 Å². The van der Waals surface area contributed by atoms with Gasteiger partial charge in [-0.25, -0.2) is 12.7 Å². The Hall–Kier alpha value is -1.67. The van der Waals surface area contributed by atoms with E-state index in [0.717, 1.165) is 4.31 Å². The van der Waals surface area contributed by atoms with Crippen LogP contribution in [0.4, 0.5) is 11.4 Å². The second-order valence-corrected chi connectivity index (χ2v) is 7.16. The van der Waals surface area contributed by atoms with E-state index in [9.17, 15) is 18.5 Å². The molecule has 0 saturated heterocycles. The van der Waals surface area contributed by atoms with Gasteiger partial charge in [0.25, 0.3) is 5.69 Å². The first kappa shape index (κ1) is 17.4. The van der Waals surface area contributed by atoms with Gasteiger partial charge in [0.1, 0.15) is 0 Å². The molecule has 1 rings (SSSR count). The Morgan fingerprint density at radius 1 is 1.38 bits per heavy atom. The lowest BCUT2D eigenvalue weighted by Gasteiger charge is -2.19. The summed E-state index contributed by atoms with van der Waals surface area (Å²) in [5.74, 6) is 0.130. The maximum atomic E-state index is 12.5. The zero-order valence-electron chi connectivity index (χ0n) is 12.7. The average Bonchev–Trinajstić information content (AvgIpc) is 2.37. The molecule has 0 radical (unpaired) electrons. The lowest BCUT2D eigenvalue weighted by atomic mass is 10.2. The van der Waals surface area contributed by atoms with Gasteiger partial charge in [-0.1, -0.05) is 13.8 Å². The highest BCUT2D eigenvalue weighted by atomic mass is 32.2. The molecular weight excluding hydrogens is 294 g/mol. The molecule has 0 bridgehead atoms. The number of hydrogen-bond donors (Lipinski definition) is 1. The van der Waals surface area contributed by atoms with Crippen LogP contribution in [0, 0.1) is 16.0 Å². The molecule has 21 heavy (non-hydrogen) atoms. The minimum atomic E-state index is -3.88.